The van der Waals surface area contributed by atoms with E-state index in [0.29, 0.717) is 18.5 Å². The molecule has 16 heavy (non-hydrogen) atoms. The molecule has 1 aliphatic carbocycles. The van der Waals surface area contributed by atoms with Crippen molar-refractivity contribution in [1.29, 1.82) is 0 Å². The summed E-state index contributed by atoms with van der Waals surface area (Å²) >= 11 is 0. The first-order chi connectivity index (χ1) is 7.78. The first kappa shape index (κ1) is 10.9. The number of halogens is 1. The molecule has 1 fully saturated rings. The normalized spacial score (nSPS) is 16.0. The Bertz CT molecular complexity index is 370. The lowest BCUT2D eigenvalue weighted by Crippen LogP contribution is -2.42. The quantitative estimate of drug-likeness (QED) is 0.308. The van der Waals surface area contributed by atoms with Crippen LogP contribution in [0.5, 0.6) is 0 Å². The highest BCUT2D eigenvalue weighted by molar-refractivity contribution is 5.79. The highest BCUT2D eigenvalue weighted by Crippen LogP contribution is 2.18. The summed E-state index contributed by atoms with van der Waals surface area (Å²) in [4.78, 5) is 4.27. The van der Waals surface area contributed by atoms with Gasteiger partial charge in [0.15, 0.2) is 0 Å². The van der Waals surface area contributed by atoms with Crippen LogP contribution in [-0.2, 0) is 6.54 Å². The fourth-order valence-electron chi connectivity index (χ4n) is 1.31. The molecule has 1 aromatic rings. The predicted octanol–water partition coefficient (Wildman–Crippen LogP) is 0.897. The van der Waals surface area contributed by atoms with E-state index in [1.165, 1.54) is 12.1 Å². The monoisotopic (exact) mass is 222 g/mol. The number of guanidine groups is 1. The molecular weight excluding hydrogens is 207 g/mol. The molecule has 5 heteroatoms. The molecule has 0 bridgehead atoms. The molecule has 4 N–H and O–H groups in total. The Kier molecular flexibility index (Phi) is 3.36. The van der Waals surface area contributed by atoms with Crippen LogP contribution in [-0.4, -0.2) is 12.0 Å². The number of hydrogen-bond donors (Lipinski definition) is 3. The van der Waals surface area contributed by atoms with Gasteiger partial charge < -0.3 is 5.32 Å². The number of aliphatic imine (C=N–C) groups is 1. The number of nitrogens with zero attached hydrogens (tertiary/aromatic N) is 1. The number of nitrogens with one attached hydrogen (secondary N) is 2. The van der Waals surface area contributed by atoms with Gasteiger partial charge >= 0.3 is 0 Å². The Labute approximate surface area is 93.7 Å². The summed E-state index contributed by atoms with van der Waals surface area (Å²) in [6.07, 6.45) is 2.33. The molecule has 2 rings (SSSR count). The Hall–Kier alpha value is -1.62. The number of nitrogens with two attached hydrogens (primary N) is 1. The smallest absolute Gasteiger partial charge is 0.206 e. The van der Waals surface area contributed by atoms with Crippen LogP contribution in [0.15, 0.2) is 29.3 Å². The van der Waals surface area contributed by atoms with Crippen molar-refractivity contribution in [1.82, 2.24) is 10.7 Å². The van der Waals surface area contributed by atoms with Gasteiger partial charge in [-0.1, -0.05) is 12.1 Å². The molecule has 0 heterocycles. The van der Waals surface area contributed by atoms with Crippen LogP contribution >= 0.6 is 0 Å². The van der Waals surface area contributed by atoms with Crippen molar-refractivity contribution in [3.8, 4) is 0 Å². The van der Waals surface area contributed by atoms with E-state index in [0.717, 1.165) is 18.4 Å². The third-order valence-corrected chi connectivity index (χ3v) is 2.39. The molecule has 0 aliphatic heterocycles. The number of benzene rings is 1. The summed E-state index contributed by atoms with van der Waals surface area (Å²) in [5.41, 5.74) is 3.47. The van der Waals surface area contributed by atoms with E-state index in [1.807, 2.05) is 0 Å². The van der Waals surface area contributed by atoms with E-state index < -0.39 is 0 Å². The summed E-state index contributed by atoms with van der Waals surface area (Å²) in [5, 5.41) is 3.16. The molecule has 4 nitrogen and oxygen atoms in total. The minimum atomic E-state index is -0.235. The molecule has 1 aliphatic rings. The fraction of sp³-hybridized carbons (Fsp3) is 0.364. The first-order valence-corrected chi connectivity index (χ1v) is 5.30. The summed E-state index contributed by atoms with van der Waals surface area (Å²) in [7, 11) is 0. The maximum absolute atomic E-state index is 12.7. The highest BCUT2D eigenvalue weighted by atomic mass is 19.1. The Morgan fingerprint density at radius 3 is 2.62 bits per heavy atom. The Morgan fingerprint density at radius 2 is 2.06 bits per heavy atom. The summed E-state index contributed by atoms with van der Waals surface area (Å²) in [6.45, 7) is 0.486. The summed E-state index contributed by atoms with van der Waals surface area (Å²) in [6, 6.07) is 6.78. The van der Waals surface area contributed by atoms with Gasteiger partial charge in [0.2, 0.25) is 5.96 Å². The minimum absolute atomic E-state index is 0.235. The van der Waals surface area contributed by atoms with Gasteiger partial charge in [0.25, 0.3) is 0 Å². The van der Waals surface area contributed by atoms with Gasteiger partial charge in [0.05, 0.1) is 6.54 Å². The molecule has 0 spiro atoms. The van der Waals surface area contributed by atoms with Gasteiger partial charge in [-0.05, 0) is 30.5 Å². The topological polar surface area (TPSA) is 62.4 Å². The maximum Gasteiger partial charge on any atom is 0.206 e. The van der Waals surface area contributed by atoms with Crippen molar-refractivity contribution in [2.75, 3.05) is 0 Å². The van der Waals surface area contributed by atoms with Crippen LogP contribution in [0.4, 0.5) is 4.39 Å². The van der Waals surface area contributed by atoms with Crippen LogP contribution in [0.3, 0.4) is 0 Å². The molecule has 1 aromatic carbocycles. The molecule has 0 radical (unpaired) electrons. The molecule has 0 saturated heterocycles. The van der Waals surface area contributed by atoms with Gasteiger partial charge in [-0.3, -0.25) is 5.43 Å². The lowest BCUT2D eigenvalue weighted by atomic mass is 10.2. The molecular formula is C11H15FN4. The van der Waals surface area contributed by atoms with Crippen LogP contribution in [0.2, 0.25) is 0 Å². The molecule has 1 saturated carbocycles. The maximum atomic E-state index is 12.7. The van der Waals surface area contributed by atoms with Crippen molar-refractivity contribution in [3.05, 3.63) is 35.6 Å². The third kappa shape index (κ3) is 3.20. The van der Waals surface area contributed by atoms with Crippen LogP contribution in [0, 0.1) is 5.82 Å². The number of hydrogen-bond acceptors (Lipinski definition) is 2. The number of rotatable bonds is 3. The summed E-state index contributed by atoms with van der Waals surface area (Å²) in [5.74, 6) is 5.69. The van der Waals surface area contributed by atoms with E-state index in [4.69, 9.17) is 5.84 Å². The third-order valence-electron chi connectivity index (χ3n) is 2.39. The largest absolute Gasteiger partial charge is 0.353 e. The van der Waals surface area contributed by atoms with Gasteiger partial charge in [-0.25, -0.2) is 15.2 Å². The average Bonchev–Trinajstić information content (AvgIpc) is 3.10. The Morgan fingerprint density at radius 1 is 1.38 bits per heavy atom. The zero-order valence-corrected chi connectivity index (χ0v) is 8.91. The zero-order valence-electron chi connectivity index (χ0n) is 8.91. The van der Waals surface area contributed by atoms with Crippen LogP contribution < -0.4 is 16.6 Å². The molecule has 0 atom stereocenters. The zero-order chi connectivity index (χ0) is 11.4. The standard InChI is InChI=1S/C11H15FN4/c12-9-3-1-8(2-4-9)7-14-11(16-13)15-10-5-6-10/h1-4,10H,5-7,13H2,(H2,14,15,16). The van der Waals surface area contributed by atoms with E-state index in [2.05, 4.69) is 15.7 Å². The molecule has 0 aromatic heterocycles. The lowest BCUT2D eigenvalue weighted by molar-refractivity contribution is 0.627. The minimum Gasteiger partial charge on any atom is -0.353 e. The average molecular weight is 222 g/mol. The van der Waals surface area contributed by atoms with Gasteiger partial charge in [-0.2, -0.15) is 0 Å². The van der Waals surface area contributed by atoms with Crippen LogP contribution in [0.25, 0.3) is 0 Å². The van der Waals surface area contributed by atoms with Crippen molar-refractivity contribution in [3.63, 3.8) is 0 Å². The van der Waals surface area contributed by atoms with E-state index in [9.17, 15) is 4.39 Å². The van der Waals surface area contributed by atoms with E-state index in [1.54, 1.807) is 12.1 Å². The van der Waals surface area contributed by atoms with Gasteiger partial charge in [0.1, 0.15) is 5.82 Å². The molecule has 0 amide bonds. The predicted molar refractivity (Wildman–Crippen MR) is 61.0 cm³/mol. The first-order valence-electron chi connectivity index (χ1n) is 5.30. The van der Waals surface area contributed by atoms with Gasteiger partial charge in [0, 0.05) is 6.04 Å². The highest BCUT2D eigenvalue weighted by Gasteiger charge is 2.21. The molecule has 86 valence electrons. The van der Waals surface area contributed by atoms with Crippen molar-refractivity contribution in [2.24, 2.45) is 10.8 Å². The van der Waals surface area contributed by atoms with Crippen LogP contribution in [0.1, 0.15) is 18.4 Å². The Balaban J connectivity index is 1.91. The second-order valence-corrected chi connectivity index (χ2v) is 3.85. The lowest BCUT2D eigenvalue weighted by Gasteiger charge is -2.07. The SMILES string of the molecule is NNC(=NCc1ccc(F)cc1)NC1CC1. The van der Waals surface area contributed by atoms with Crippen molar-refractivity contribution >= 4 is 5.96 Å². The summed E-state index contributed by atoms with van der Waals surface area (Å²) < 4.78 is 12.7. The molecule has 0 unspecified atom stereocenters. The van der Waals surface area contributed by atoms with Gasteiger partial charge in [-0.15, -0.1) is 0 Å². The number of hydrazine groups is 1. The van der Waals surface area contributed by atoms with E-state index >= 15 is 0 Å². The van der Waals surface area contributed by atoms with E-state index in [-0.39, 0.29) is 5.82 Å². The second kappa shape index (κ2) is 4.94. The second-order valence-electron chi connectivity index (χ2n) is 3.85. The van der Waals surface area contributed by atoms with Crippen molar-refractivity contribution in [2.45, 2.75) is 25.4 Å². The fourth-order valence-corrected chi connectivity index (χ4v) is 1.31. The van der Waals surface area contributed by atoms with Crippen molar-refractivity contribution < 1.29 is 4.39 Å².